The van der Waals surface area contributed by atoms with Crippen LogP contribution in [0.3, 0.4) is 0 Å². The average molecular weight is 506 g/mol. The minimum atomic E-state index is -4.17. The maximum absolute atomic E-state index is 12.0. The zero-order valence-electron chi connectivity index (χ0n) is 23.5. The zero-order chi connectivity index (χ0) is 25.4. The molecule has 0 aliphatic heterocycles. The normalized spacial score (nSPS) is 13.9. The molecule has 0 heterocycles. The maximum Gasteiger partial charge on any atom is 0.268 e. The standard InChI is InChI=1S/C28H60NO4P/c1-5-7-9-11-13-15-17-19-21-23-25-29(3,4)26-28-33-34(30,31)32-27-24-22-20-18-16-14-12-10-8-6-2/h5-28H2,1-4H3. The van der Waals surface area contributed by atoms with Crippen LogP contribution in [0.25, 0.3) is 0 Å². The summed E-state index contributed by atoms with van der Waals surface area (Å²) in [5.41, 5.74) is 0. The van der Waals surface area contributed by atoms with Crippen LogP contribution < -0.4 is 4.89 Å². The Balaban J connectivity index is 3.60. The number of hydrogen-bond donors (Lipinski definition) is 0. The Bertz CT molecular complexity index is 473. The van der Waals surface area contributed by atoms with Crippen molar-refractivity contribution in [2.75, 3.05) is 40.4 Å². The van der Waals surface area contributed by atoms with Gasteiger partial charge >= 0.3 is 0 Å². The van der Waals surface area contributed by atoms with Crippen LogP contribution in [-0.2, 0) is 13.6 Å². The molecule has 0 aromatic rings. The van der Waals surface area contributed by atoms with Gasteiger partial charge in [0.1, 0.15) is 13.2 Å². The summed E-state index contributed by atoms with van der Waals surface area (Å²) >= 11 is 0. The number of phosphoric ester groups is 1. The molecule has 1 atom stereocenters. The lowest BCUT2D eigenvalue weighted by Gasteiger charge is -2.31. The second-order valence-corrected chi connectivity index (χ2v) is 12.3. The third-order valence-electron chi connectivity index (χ3n) is 6.81. The van der Waals surface area contributed by atoms with Gasteiger partial charge < -0.3 is 18.4 Å². The first-order valence-corrected chi connectivity index (χ1v) is 16.2. The van der Waals surface area contributed by atoms with Gasteiger partial charge in [0.05, 0.1) is 27.2 Å². The van der Waals surface area contributed by atoms with E-state index in [4.69, 9.17) is 9.05 Å². The number of hydrogen-bond acceptors (Lipinski definition) is 4. The van der Waals surface area contributed by atoms with E-state index < -0.39 is 7.82 Å². The van der Waals surface area contributed by atoms with Gasteiger partial charge in [0.15, 0.2) is 0 Å². The summed E-state index contributed by atoms with van der Waals surface area (Å²) in [6.45, 7) is 6.69. The van der Waals surface area contributed by atoms with E-state index in [1.807, 2.05) is 0 Å². The summed E-state index contributed by atoms with van der Waals surface area (Å²) in [7, 11) is 0.130. The molecule has 0 radical (unpaired) electrons. The van der Waals surface area contributed by atoms with E-state index in [1.54, 1.807) is 0 Å². The fraction of sp³-hybridized carbons (Fsp3) is 1.00. The van der Waals surface area contributed by atoms with Gasteiger partial charge in [0.2, 0.25) is 0 Å². The first kappa shape index (κ1) is 34.1. The predicted octanol–water partition coefficient (Wildman–Crippen LogP) is 8.41. The van der Waals surface area contributed by atoms with Crippen molar-refractivity contribution < 1.29 is 23.0 Å². The Kier molecular flexibility index (Phi) is 23.5. The third kappa shape index (κ3) is 25.2. The van der Waals surface area contributed by atoms with Gasteiger partial charge in [-0.25, -0.2) is 0 Å². The van der Waals surface area contributed by atoms with Crippen molar-refractivity contribution >= 4 is 7.82 Å². The Hall–Kier alpha value is 0.0700. The number of phosphoric acid groups is 1. The average Bonchev–Trinajstić information content (AvgIpc) is 2.78. The van der Waals surface area contributed by atoms with Crippen LogP contribution >= 0.6 is 7.82 Å². The molecule has 0 fully saturated rings. The molecule has 6 heteroatoms. The number of nitrogens with zero attached hydrogens (tertiary/aromatic N) is 1. The molecule has 0 aromatic carbocycles. The molecule has 0 saturated carbocycles. The van der Waals surface area contributed by atoms with Crippen LogP contribution in [0.5, 0.6) is 0 Å². The molecular formula is C28H60NO4P. The molecule has 0 aromatic heterocycles. The Morgan fingerprint density at radius 1 is 0.529 bits per heavy atom. The highest BCUT2D eigenvalue weighted by Gasteiger charge is 2.17. The first-order valence-electron chi connectivity index (χ1n) is 14.7. The second kappa shape index (κ2) is 23.5. The predicted molar refractivity (Wildman–Crippen MR) is 145 cm³/mol. The molecule has 0 aliphatic carbocycles. The lowest BCUT2D eigenvalue weighted by molar-refractivity contribution is -0.890. The van der Waals surface area contributed by atoms with Crippen molar-refractivity contribution in [2.24, 2.45) is 0 Å². The number of rotatable bonds is 27. The van der Waals surface area contributed by atoms with Gasteiger partial charge in [-0.1, -0.05) is 123 Å². The largest absolute Gasteiger partial charge is 0.756 e. The third-order valence-corrected chi connectivity index (χ3v) is 7.81. The highest BCUT2D eigenvalue weighted by Crippen LogP contribution is 2.38. The number of quaternary nitrogens is 1. The van der Waals surface area contributed by atoms with E-state index in [2.05, 4.69) is 27.9 Å². The zero-order valence-corrected chi connectivity index (χ0v) is 24.4. The van der Waals surface area contributed by atoms with E-state index in [0.717, 1.165) is 30.3 Å². The lowest BCUT2D eigenvalue weighted by Crippen LogP contribution is -2.43. The van der Waals surface area contributed by atoms with Gasteiger partial charge in [-0.2, -0.15) is 0 Å². The van der Waals surface area contributed by atoms with E-state index in [1.165, 1.54) is 109 Å². The summed E-state index contributed by atoms with van der Waals surface area (Å²) < 4.78 is 23.0. The molecule has 0 aliphatic rings. The highest BCUT2D eigenvalue weighted by atomic mass is 31.2. The van der Waals surface area contributed by atoms with Crippen LogP contribution in [0.15, 0.2) is 0 Å². The van der Waals surface area contributed by atoms with E-state index in [-0.39, 0.29) is 13.2 Å². The summed E-state index contributed by atoms with van der Waals surface area (Å²) in [5.74, 6) is 0. The van der Waals surface area contributed by atoms with Crippen molar-refractivity contribution in [3.8, 4) is 0 Å². The summed E-state index contributed by atoms with van der Waals surface area (Å²) in [6, 6.07) is 0. The SMILES string of the molecule is CCCCCCCCCCCCOP(=O)([O-])OCC[N+](C)(C)CCCCCCCCCCCC. The second-order valence-electron chi connectivity index (χ2n) is 10.9. The Morgan fingerprint density at radius 2 is 0.882 bits per heavy atom. The van der Waals surface area contributed by atoms with E-state index >= 15 is 0 Å². The van der Waals surface area contributed by atoms with Crippen LogP contribution in [-0.4, -0.2) is 44.9 Å². The van der Waals surface area contributed by atoms with Gasteiger partial charge in [-0.05, 0) is 19.3 Å². The van der Waals surface area contributed by atoms with Gasteiger partial charge in [-0.3, -0.25) is 4.57 Å². The van der Waals surface area contributed by atoms with Crippen LogP contribution in [0.1, 0.15) is 142 Å². The molecular weight excluding hydrogens is 445 g/mol. The van der Waals surface area contributed by atoms with E-state index in [0.29, 0.717) is 6.54 Å². The van der Waals surface area contributed by atoms with Crippen LogP contribution in [0, 0.1) is 0 Å². The van der Waals surface area contributed by atoms with Crippen LogP contribution in [0.4, 0.5) is 0 Å². The molecule has 0 amide bonds. The summed E-state index contributed by atoms with van der Waals surface area (Å²) in [4.78, 5) is 12.0. The molecule has 0 rings (SSSR count). The van der Waals surface area contributed by atoms with Gasteiger partial charge in [0.25, 0.3) is 7.82 Å². The van der Waals surface area contributed by atoms with Crippen molar-refractivity contribution in [1.29, 1.82) is 0 Å². The minimum absolute atomic E-state index is 0.198. The van der Waals surface area contributed by atoms with Crippen molar-refractivity contribution in [3.63, 3.8) is 0 Å². The molecule has 0 spiro atoms. The lowest BCUT2D eigenvalue weighted by atomic mass is 10.1. The minimum Gasteiger partial charge on any atom is -0.756 e. The summed E-state index contributed by atoms with van der Waals surface area (Å²) in [6.07, 6.45) is 25.5. The Morgan fingerprint density at radius 3 is 1.32 bits per heavy atom. The summed E-state index contributed by atoms with van der Waals surface area (Å²) in [5, 5.41) is 0. The molecule has 0 bridgehead atoms. The number of likely N-dealkylation sites (N-methyl/N-ethyl adjacent to an activating group) is 1. The maximum atomic E-state index is 12.0. The van der Waals surface area contributed by atoms with Crippen molar-refractivity contribution in [3.05, 3.63) is 0 Å². The topological polar surface area (TPSA) is 58.6 Å². The van der Waals surface area contributed by atoms with Crippen LogP contribution in [0.2, 0.25) is 0 Å². The highest BCUT2D eigenvalue weighted by molar-refractivity contribution is 7.45. The monoisotopic (exact) mass is 505 g/mol. The number of unbranched alkanes of at least 4 members (excludes halogenated alkanes) is 18. The Labute approximate surface area is 213 Å². The van der Waals surface area contributed by atoms with Crippen molar-refractivity contribution in [1.82, 2.24) is 0 Å². The van der Waals surface area contributed by atoms with E-state index in [9.17, 15) is 9.46 Å². The molecule has 5 nitrogen and oxygen atoms in total. The molecule has 0 N–H and O–H groups in total. The smallest absolute Gasteiger partial charge is 0.268 e. The fourth-order valence-corrected chi connectivity index (χ4v) is 5.07. The van der Waals surface area contributed by atoms with Crippen molar-refractivity contribution in [2.45, 2.75) is 142 Å². The fourth-order valence-electron chi connectivity index (χ4n) is 4.34. The molecule has 34 heavy (non-hydrogen) atoms. The van der Waals surface area contributed by atoms with Gasteiger partial charge in [0, 0.05) is 0 Å². The molecule has 0 saturated heterocycles. The van der Waals surface area contributed by atoms with Gasteiger partial charge in [-0.15, -0.1) is 0 Å². The quantitative estimate of drug-likeness (QED) is 0.0639. The molecule has 206 valence electrons. The first-order chi connectivity index (χ1) is 16.3. The molecule has 1 unspecified atom stereocenters.